The molecule has 33 heavy (non-hydrogen) atoms. The molecule has 0 saturated heterocycles. The molecule has 1 amide bonds. The SMILES string of the molecule is COc1ccc(CCNC(=O)CSc2nnc(CSc3nc4ccccc4s3)o2)cc1OC. The first-order valence-electron chi connectivity index (χ1n) is 10.1. The van der Waals surface area contributed by atoms with Crippen LogP contribution in [0, 0.1) is 0 Å². The van der Waals surface area contributed by atoms with Crippen molar-refractivity contribution < 1.29 is 18.7 Å². The van der Waals surface area contributed by atoms with E-state index in [4.69, 9.17) is 13.9 Å². The summed E-state index contributed by atoms with van der Waals surface area (Å²) in [5.41, 5.74) is 2.04. The number of amides is 1. The molecule has 0 unspecified atom stereocenters. The number of para-hydroxylation sites is 1. The molecule has 2 heterocycles. The molecule has 0 atom stereocenters. The Labute approximate surface area is 203 Å². The van der Waals surface area contributed by atoms with Crippen LogP contribution in [0.2, 0.25) is 0 Å². The minimum atomic E-state index is -0.0934. The van der Waals surface area contributed by atoms with Crippen molar-refractivity contribution >= 4 is 51.0 Å². The van der Waals surface area contributed by atoms with Gasteiger partial charge < -0.3 is 19.2 Å². The summed E-state index contributed by atoms with van der Waals surface area (Å²) in [4.78, 5) is 16.7. The maximum atomic E-state index is 12.2. The Balaban J connectivity index is 1.18. The Morgan fingerprint density at radius 1 is 1.09 bits per heavy atom. The van der Waals surface area contributed by atoms with Crippen LogP contribution in [0.3, 0.4) is 0 Å². The largest absolute Gasteiger partial charge is 0.493 e. The minimum absolute atomic E-state index is 0.0934. The lowest BCUT2D eigenvalue weighted by Gasteiger charge is -2.10. The second kappa shape index (κ2) is 11.4. The predicted octanol–water partition coefficient (Wildman–Crippen LogP) is 4.44. The Morgan fingerprint density at radius 2 is 1.94 bits per heavy atom. The number of carbonyl (C=O) groups excluding carboxylic acids is 1. The van der Waals surface area contributed by atoms with E-state index in [2.05, 4.69) is 26.6 Å². The van der Waals surface area contributed by atoms with Crippen LogP contribution in [0.1, 0.15) is 11.5 Å². The monoisotopic (exact) mass is 502 g/mol. The number of thioether (sulfide) groups is 2. The molecule has 0 aliphatic heterocycles. The third-order valence-corrected chi connectivity index (χ3v) is 7.53. The van der Waals surface area contributed by atoms with E-state index >= 15 is 0 Å². The van der Waals surface area contributed by atoms with Gasteiger partial charge in [0.25, 0.3) is 5.22 Å². The topological polar surface area (TPSA) is 99.4 Å². The van der Waals surface area contributed by atoms with Gasteiger partial charge in [0.1, 0.15) is 0 Å². The summed E-state index contributed by atoms with van der Waals surface area (Å²) < 4.78 is 18.3. The summed E-state index contributed by atoms with van der Waals surface area (Å²) in [5.74, 6) is 2.51. The smallest absolute Gasteiger partial charge is 0.277 e. The van der Waals surface area contributed by atoms with Crippen LogP contribution in [0.4, 0.5) is 0 Å². The van der Waals surface area contributed by atoms with Crippen molar-refractivity contribution in [2.75, 3.05) is 26.5 Å². The van der Waals surface area contributed by atoms with E-state index in [1.165, 1.54) is 11.8 Å². The van der Waals surface area contributed by atoms with Gasteiger partial charge in [-0.15, -0.1) is 21.5 Å². The van der Waals surface area contributed by atoms with Crippen molar-refractivity contribution in [3.63, 3.8) is 0 Å². The zero-order valence-corrected chi connectivity index (χ0v) is 20.5. The molecule has 8 nitrogen and oxygen atoms in total. The molecule has 4 aromatic rings. The number of thiazole rings is 1. The first-order chi connectivity index (χ1) is 16.1. The first kappa shape index (κ1) is 23.4. The molecule has 0 radical (unpaired) electrons. The highest BCUT2D eigenvalue weighted by Gasteiger charge is 2.12. The molecule has 0 fully saturated rings. The van der Waals surface area contributed by atoms with Crippen molar-refractivity contribution in [1.82, 2.24) is 20.5 Å². The van der Waals surface area contributed by atoms with Gasteiger partial charge in [0.2, 0.25) is 11.8 Å². The van der Waals surface area contributed by atoms with E-state index < -0.39 is 0 Å². The number of nitrogens with zero attached hydrogens (tertiary/aromatic N) is 3. The lowest BCUT2D eigenvalue weighted by Crippen LogP contribution is -2.27. The molecule has 2 aromatic carbocycles. The predicted molar refractivity (Wildman–Crippen MR) is 130 cm³/mol. The van der Waals surface area contributed by atoms with Crippen molar-refractivity contribution in [3.8, 4) is 11.5 Å². The van der Waals surface area contributed by atoms with Gasteiger partial charge in [0, 0.05) is 6.54 Å². The maximum Gasteiger partial charge on any atom is 0.277 e. The van der Waals surface area contributed by atoms with E-state index in [1.807, 2.05) is 36.4 Å². The van der Waals surface area contributed by atoms with E-state index in [0.29, 0.717) is 41.3 Å². The minimum Gasteiger partial charge on any atom is -0.493 e. The third kappa shape index (κ3) is 6.40. The lowest BCUT2D eigenvalue weighted by atomic mass is 10.1. The Hall–Kier alpha value is -2.76. The molecule has 2 aromatic heterocycles. The fourth-order valence-corrected chi connectivity index (χ4v) is 5.47. The molecule has 0 aliphatic rings. The van der Waals surface area contributed by atoms with Crippen LogP contribution in [-0.4, -0.2) is 47.6 Å². The average molecular weight is 503 g/mol. The van der Waals surface area contributed by atoms with Gasteiger partial charge in [-0.1, -0.05) is 41.7 Å². The zero-order valence-electron chi connectivity index (χ0n) is 18.1. The Kier molecular flexibility index (Phi) is 8.08. The third-order valence-electron chi connectivity index (χ3n) is 4.55. The fraction of sp³-hybridized carbons (Fsp3) is 0.273. The highest BCUT2D eigenvalue weighted by atomic mass is 32.2. The molecule has 0 bridgehead atoms. The summed E-state index contributed by atoms with van der Waals surface area (Å²) in [7, 11) is 3.20. The maximum absolute atomic E-state index is 12.2. The van der Waals surface area contributed by atoms with Crippen LogP contribution >= 0.6 is 34.9 Å². The second-order valence-electron chi connectivity index (χ2n) is 6.78. The molecule has 0 saturated carbocycles. The summed E-state index contributed by atoms with van der Waals surface area (Å²) in [5, 5.41) is 11.4. The normalized spacial score (nSPS) is 11.0. The van der Waals surface area contributed by atoms with Crippen molar-refractivity contribution in [3.05, 3.63) is 53.9 Å². The number of rotatable bonds is 11. The molecular weight excluding hydrogens is 480 g/mol. The fourth-order valence-electron chi connectivity index (χ4n) is 2.95. The number of carbonyl (C=O) groups is 1. The quantitative estimate of drug-likeness (QED) is 0.298. The van der Waals surface area contributed by atoms with E-state index in [1.54, 1.807) is 37.3 Å². The molecule has 172 valence electrons. The number of hydrogen-bond donors (Lipinski definition) is 1. The molecule has 4 rings (SSSR count). The summed E-state index contributed by atoms with van der Waals surface area (Å²) in [6.07, 6.45) is 0.685. The van der Waals surface area contributed by atoms with Gasteiger partial charge in [-0.05, 0) is 36.2 Å². The second-order valence-corrected chi connectivity index (χ2v) is 9.96. The number of fused-ring (bicyclic) bond motifs is 1. The number of aromatic nitrogens is 3. The number of benzene rings is 2. The Morgan fingerprint density at radius 3 is 2.76 bits per heavy atom. The molecular formula is C22H22N4O4S3. The van der Waals surface area contributed by atoms with Gasteiger partial charge >= 0.3 is 0 Å². The van der Waals surface area contributed by atoms with Gasteiger partial charge in [0.05, 0.1) is 35.9 Å². The summed E-state index contributed by atoms with van der Waals surface area (Å²) in [6, 6.07) is 13.7. The van der Waals surface area contributed by atoms with Gasteiger partial charge in [0.15, 0.2) is 15.8 Å². The van der Waals surface area contributed by atoms with Crippen molar-refractivity contribution in [2.45, 2.75) is 21.7 Å². The first-order valence-corrected chi connectivity index (χ1v) is 12.8. The number of ether oxygens (including phenoxy) is 2. The van der Waals surface area contributed by atoms with Gasteiger partial charge in [-0.25, -0.2) is 4.98 Å². The van der Waals surface area contributed by atoms with Crippen LogP contribution in [0.5, 0.6) is 11.5 Å². The van der Waals surface area contributed by atoms with Crippen molar-refractivity contribution in [1.29, 1.82) is 0 Å². The zero-order chi connectivity index (χ0) is 23.0. The van der Waals surface area contributed by atoms with E-state index in [0.717, 1.165) is 20.1 Å². The Bertz CT molecular complexity index is 1190. The van der Waals surface area contributed by atoms with Crippen LogP contribution in [-0.2, 0) is 17.0 Å². The molecule has 0 aliphatic carbocycles. The lowest BCUT2D eigenvalue weighted by molar-refractivity contribution is -0.118. The van der Waals surface area contributed by atoms with Crippen LogP contribution in [0.25, 0.3) is 10.2 Å². The molecule has 0 spiro atoms. The molecule has 11 heteroatoms. The number of methoxy groups -OCH3 is 2. The standard InChI is InChI=1S/C22H22N4O4S3/c1-28-16-8-7-14(11-17(16)29-2)9-10-23-19(27)12-31-21-26-25-20(30-21)13-32-22-24-15-5-3-4-6-18(15)33-22/h3-8,11H,9-10,12-13H2,1-2H3,(H,23,27). The van der Waals surface area contributed by atoms with Crippen molar-refractivity contribution in [2.24, 2.45) is 0 Å². The van der Waals surface area contributed by atoms with Gasteiger partial charge in [-0.3, -0.25) is 4.79 Å². The van der Waals surface area contributed by atoms with Crippen LogP contribution < -0.4 is 14.8 Å². The summed E-state index contributed by atoms with van der Waals surface area (Å²) >= 11 is 4.42. The average Bonchev–Trinajstić information content (AvgIpc) is 3.47. The van der Waals surface area contributed by atoms with Crippen LogP contribution in [0.15, 0.2) is 56.4 Å². The van der Waals surface area contributed by atoms with Gasteiger partial charge in [-0.2, -0.15) is 0 Å². The van der Waals surface area contributed by atoms with E-state index in [-0.39, 0.29) is 11.7 Å². The summed E-state index contributed by atoms with van der Waals surface area (Å²) in [6.45, 7) is 0.517. The number of hydrogen-bond acceptors (Lipinski definition) is 10. The number of nitrogens with one attached hydrogen (secondary N) is 1. The van der Waals surface area contributed by atoms with E-state index in [9.17, 15) is 4.79 Å². The highest BCUT2D eigenvalue weighted by Crippen LogP contribution is 2.31. The highest BCUT2D eigenvalue weighted by molar-refractivity contribution is 8.00. The molecule has 1 N–H and O–H groups in total.